The average molecular weight is 564 g/mol. The van der Waals surface area contributed by atoms with Crippen molar-refractivity contribution in [2.45, 2.75) is 6.17 Å². The largest absolute Gasteiger partial charge is 0.344 e. The van der Waals surface area contributed by atoms with Crippen LogP contribution in [0, 0.1) is 0 Å². The predicted octanol–water partition coefficient (Wildman–Crippen LogP) is 9.82. The summed E-state index contributed by atoms with van der Waals surface area (Å²) in [7, 11) is 0. The zero-order valence-electron chi connectivity index (χ0n) is 24.1. The molecule has 7 aromatic rings. The minimum Gasteiger partial charge on any atom is -0.344 e. The molecule has 0 saturated carbocycles. The van der Waals surface area contributed by atoms with Gasteiger partial charge in [0, 0.05) is 11.1 Å². The summed E-state index contributed by atoms with van der Waals surface area (Å²) >= 11 is 0. The van der Waals surface area contributed by atoms with Gasteiger partial charge in [-0.1, -0.05) is 140 Å². The highest BCUT2D eigenvalue weighted by Crippen LogP contribution is 2.34. The first-order valence-electron chi connectivity index (χ1n) is 15.0. The van der Waals surface area contributed by atoms with Gasteiger partial charge in [-0.05, 0) is 73.6 Å². The highest BCUT2D eigenvalue weighted by molar-refractivity contribution is 6.16. The molecule has 1 unspecified atom stereocenters. The number of hydrogen-bond donors (Lipinski definition) is 1. The van der Waals surface area contributed by atoms with Crippen LogP contribution >= 0.6 is 0 Å². The second kappa shape index (κ2) is 11.1. The summed E-state index contributed by atoms with van der Waals surface area (Å²) < 4.78 is 0. The van der Waals surface area contributed by atoms with Crippen molar-refractivity contribution in [3.63, 3.8) is 0 Å². The fourth-order valence-electron chi connectivity index (χ4n) is 6.13. The Morgan fingerprint density at radius 2 is 0.909 bits per heavy atom. The summed E-state index contributed by atoms with van der Waals surface area (Å²) in [5.74, 6) is 1.52. The van der Waals surface area contributed by atoms with E-state index in [1.807, 2.05) is 6.07 Å². The molecule has 0 aliphatic carbocycles. The van der Waals surface area contributed by atoms with Crippen molar-refractivity contribution in [3.05, 3.63) is 180 Å². The Hall–Kier alpha value is -5.80. The van der Waals surface area contributed by atoms with Crippen molar-refractivity contribution in [3.8, 4) is 22.3 Å². The van der Waals surface area contributed by atoms with Crippen LogP contribution in [0.3, 0.4) is 0 Å². The van der Waals surface area contributed by atoms with Crippen LogP contribution in [-0.2, 0) is 0 Å². The Balaban J connectivity index is 1.33. The maximum absolute atomic E-state index is 5.24. The molecule has 3 heteroatoms. The quantitative estimate of drug-likeness (QED) is 0.222. The number of nitrogens with zero attached hydrogens (tertiary/aromatic N) is 2. The molecule has 1 aliphatic heterocycles. The number of nitrogens with one attached hydrogen (secondary N) is 1. The van der Waals surface area contributed by atoms with E-state index >= 15 is 0 Å². The number of amidine groups is 2. The molecule has 1 heterocycles. The van der Waals surface area contributed by atoms with Crippen molar-refractivity contribution in [2.24, 2.45) is 9.98 Å². The van der Waals surface area contributed by atoms with Crippen LogP contribution in [0.15, 0.2) is 174 Å². The van der Waals surface area contributed by atoms with Crippen molar-refractivity contribution >= 4 is 33.2 Å². The van der Waals surface area contributed by atoms with Gasteiger partial charge in [-0.3, -0.25) is 0 Å². The normalized spacial score (nSPS) is 14.6. The third-order valence-corrected chi connectivity index (χ3v) is 8.28. The van der Waals surface area contributed by atoms with E-state index in [1.54, 1.807) is 0 Å². The average Bonchev–Trinajstić information content (AvgIpc) is 3.11. The summed E-state index contributed by atoms with van der Waals surface area (Å²) in [6.07, 6.45) is -0.281. The van der Waals surface area contributed by atoms with Gasteiger partial charge < -0.3 is 5.32 Å². The lowest BCUT2D eigenvalue weighted by molar-refractivity contribution is 0.674. The van der Waals surface area contributed by atoms with Gasteiger partial charge in [-0.15, -0.1) is 0 Å². The standard InChI is InChI=1S/C41H29N3/c1-4-14-28(15-5-1)37-26-33(24-31-20-10-12-22-35(31)37)40-42-39(30-18-8-3-9-19-30)43-41(44-40)34-25-32-21-11-13-23-36(32)38(27-34)29-16-6-2-7-17-29/h1-27,39H,(H,42,43,44). The molecular formula is C41H29N3. The van der Waals surface area contributed by atoms with Crippen LogP contribution in [0.1, 0.15) is 22.9 Å². The van der Waals surface area contributed by atoms with Crippen LogP contribution in [-0.4, -0.2) is 11.7 Å². The molecule has 0 aromatic heterocycles. The van der Waals surface area contributed by atoms with Crippen molar-refractivity contribution in [1.29, 1.82) is 0 Å². The van der Waals surface area contributed by atoms with Crippen LogP contribution in [0.5, 0.6) is 0 Å². The first kappa shape index (κ1) is 25.9. The number of rotatable bonds is 5. The Morgan fingerprint density at radius 3 is 1.50 bits per heavy atom. The van der Waals surface area contributed by atoms with E-state index in [1.165, 1.54) is 38.4 Å². The summed E-state index contributed by atoms with van der Waals surface area (Å²) in [5, 5.41) is 8.44. The number of benzene rings is 7. The van der Waals surface area contributed by atoms with E-state index in [0.717, 1.165) is 27.9 Å². The first-order valence-corrected chi connectivity index (χ1v) is 15.0. The highest BCUT2D eigenvalue weighted by Gasteiger charge is 2.23. The van der Waals surface area contributed by atoms with Crippen LogP contribution in [0.25, 0.3) is 43.8 Å². The molecule has 0 fully saturated rings. The molecule has 1 aliphatic rings. The van der Waals surface area contributed by atoms with E-state index in [4.69, 9.17) is 9.98 Å². The minimum atomic E-state index is -0.281. The Kier molecular flexibility index (Phi) is 6.54. The second-order valence-corrected chi connectivity index (χ2v) is 11.1. The third kappa shape index (κ3) is 4.85. The molecule has 7 aromatic carbocycles. The summed E-state index contributed by atoms with van der Waals surface area (Å²) in [5.41, 5.74) is 7.81. The summed E-state index contributed by atoms with van der Waals surface area (Å²) in [4.78, 5) is 10.4. The molecule has 8 rings (SSSR count). The van der Waals surface area contributed by atoms with E-state index < -0.39 is 0 Å². The molecule has 0 amide bonds. The van der Waals surface area contributed by atoms with Gasteiger partial charge in [0.1, 0.15) is 12.0 Å². The van der Waals surface area contributed by atoms with Gasteiger partial charge in [-0.2, -0.15) is 0 Å². The predicted molar refractivity (Wildman–Crippen MR) is 184 cm³/mol. The molecule has 1 atom stereocenters. The number of fused-ring (bicyclic) bond motifs is 2. The van der Waals surface area contributed by atoms with Crippen LogP contribution in [0.4, 0.5) is 0 Å². The van der Waals surface area contributed by atoms with Gasteiger partial charge in [0.05, 0.1) is 0 Å². The molecule has 0 bridgehead atoms. The van der Waals surface area contributed by atoms with Crippen molar-refractivity contribution in [2.75, 3.05) is 0 Å². The van der Waals surface area contributed by atoms with E-state index in [9.17, 15) is 0 Å². The fourth-order valence-corrected chi connectivity index (χ4v) is 6.13. The van der Waals surface area contributed by atoms with Gasteiger partial charge in [-0.25, -0.2) is 9.98 Å². The molecule has 0 saturated heterocycles. The maximum Gasteiger partial charge on any atom is 0.159 e. The van der Waals surface area contributed by atoms with Crippen LogP contribution in [0.2, 0.25) is 0 Å². The fraction of sp³-hybridized carbons (Fsp3) is 0.0244. The van der Waals surface area contributed by atoms with E-state index in [-0.39, 0.29) is 6.17 Å². The van der Waals surface area contributed by atoms with E-state index in [0.29, 0.717) is 5.84 Å². The zero-order chi connectivity index (χ0) is 29.3. The smallest absolute Gasteiger partial charge is 0.159 e. The van der Waals surface area contributed by atoms with Gasteiger partial charge in [0.15, 0.2) is 5.84 Å². The minimum absolute atomic E-state index is 0.281. The van der Waals surface area contributed by atoms with E-state index in [2.05, 4.69) is 163 Å². The maximum atomic E-state index is 5.24. The van der Waals surface area contributed by atoms with Crippen LogP contribution < -0.4 is 5.32 Å². The first-order chi connectivity index (χ1) is 21.8. The second-order valence-electron chi connectivity index (χ2n) is 11.1. The zero-order valence-corrected chi connectivity index (χ0v) is 24.1. The molecule has 3 nitrogen and oxygen atoms in total. The molecular weight excluding hydrogens is 534 g/mol. The molecule has 208 valence electrons. The summed E-state index contributed by atoms with van der Waals surface area (Å²) in [6.45, 7) is 0. The van der Waals surface area contributed by atoms with Crippen molar-refractivity contribution < 1.29 is 0 Å². The molecule has 44 heavy (non-hydrogen) atoms. The lowest BCUT2D eigenvalue weighted by Gasteiger charge is -2.24. The Morgan fingerprint density at radius 1 is 0.432 bits per heavy atom. The lowest BCUT2D eigenvalue weighted by Crippen LogP contribution is -2.33. The van der Waals surface area contributed by atoms with Gasteiger partial charge in [0.2, 0.25) is 0 Å². The molecule has 0 spiro atoms. The molecule has 0 radical (unpaired) electrons. The monoisotopic (exact) mass is 563 g/mol. The highest BCUT2D eigenvalue weighted by atomic mass is 15.2. The van der Waals surface area contributed by atoms with Gasteiger partial charge >= 0.3 is 0 Å². The van der Waals surface area contributed by atoms with Gasteiger partial charge in [0.25, 0.3) is 0 Å². The van der Waals surface area contributed by atoms with Crippen molar-refractivity contribution in [1.82, 2.24) is 5.32 Å². The Bertz CT molecular complexity index is 2180. The number of aliphatic imine (C=N–C) groups is 2. The third-order valence-electron chi connectivity index (χ3n) is 8.28. The lowest BCUT2D eigenvalue weighted by atomic mass is 9.94. The number of hydrogen-bond acceptors (Lipinski definition) is 3. The topological polar surface area (TPSA) is 36.8 Å². The molecule has 1 N–H and O–H groups in total. The SMILES string of the molecule is c1ccc(-c2cc(C3=NC(c4ccccc4)NC(c4cc(-c5ccccc5)c5ccccc5c4)=N3)cc3ccccc23)cc1. The summed E-state index contributed by atoms with van der Waals surface area (Å²) in [6, 6.07) is 57.6. The Labute approximate surface area is 256 Å².